The SMILES string of the molecule is COC(C)(C)CCCC(C)C/C=C/C=C(\C)C(=O)OC(C)C. The molecule has 0 aromatic carbocycles. The lowest BCUT2D eigenvalue weighted by molar-refractivity contribution is -0.142. The van der Waals surface area contributed by atoms with Gasteiger partial charge in [-0.05, 0) is 53.4 Å². The number of ether oxygens (including phenoxy) is 2. The minimum Gasteiger partial charge on any atom is -0.460 e. The predicted molar refractivity (Wildman–Crippen MR) is 92.8 cm³/mol. The van der Waals surface area contributed by atoms with Crippen LogP contribution in [0.1, 0.15) is 67.2 Å². The van der Waals surface area contributed by atoms with Crippen LogP contribution in [0.15, 0.2) is 23.8 Å². The van der Waals surface area contributed by atoms with E-state index in [1.807, 2.05) is 26.0 Å². The molecular formula is C19H34O3. The lowest BCUT2D eigenvalue weighted by atomic mass is 9.95. The molecule has 0 saturated carbocycles. The van der Waals surface area contributed by atoms with Gasteiger partial charge >= 0.3 is 5.97 Å². The van der Waals surface area contributed by atoms with E-state index in [1.54, 1.807) is 14.0 Å². The Bertz CT molecular complexity index is 378. The van der Waals surface area contributed by atoms with E-state index >= 15 is 0 Å². The topological polar surface area (TPSA) is 35.5 Å². The molecule has 0 radical (unpaired) electrons. The van der Waals surface area contributed by atoms with Gasteiger partial charge in [-0.15, -0.1) is 0 Å². The van der Waals surface area contributed by atoms with Gasteiger partial charge < -0.3 is 9.47 Å². The molecule has 128 valence electrons. The molecule has 22 heavy (non-hydrogen) atoms. The number of carbonyl (C=O) groups excluding carboxylic acids is 1. The molecule has 3 heteroatoms. The number of carbonyl (C=O) groups is 1. The Balaban J connectivity index is 4.04. The van der Waals surface area contributed by atoms with Gasteiger partial charge in [-0.2, -0.15) is 0 Å². The number of allylic oxidation sites excluding steroid dienone is 3. The summed E-state index contributed by atoms with van der Waals surface area (Å²) in [5.41, 5.74) is 0.617. The summed E-state index contributed by atoms with van der Waals surface area (Å²) in [7, 11) is 1.77. The molecule has 0 rings (SSSR count). The summed E-state index contributed by atoms with van der Waals surface area (Å²) in [6.07, 6.45) is 10.3. The fourth-order valence-electron chi connectivity index (χ4n) is 1.99. The van der Waals surface area contributed by atoms with E-state index in [9.17, 15) is 4.79 Å². The third kappa shape index (κ3) is 10.6. The molecule has 1 atom stereocenters. The van der Waals surface area contributed by atoms with Crippen LogP contribution in [0.4, 0.5) is 0 Å². The maximum atomic E-state index is 11.6. The summed E-state index contributed by atoms with van der Waals surface area (Å²) in [5.74, 6) is 0.398. The van der Waals surface area contributed by atoms with Gasteiger partial charge in [0.25, 0.3) is 0 Å². The van der Waals surface area contributed by atoms with Crippen molar-refractivity contribution in [3.05, 3.63) is 23.8 Å². The second-order valence-electron chi connectivity index (χ2n) is 6.93. The van der Waals surface area contributed by atoms with Crippen molar-refractivity contribution in [1.29, 1.82) is 0 Å². The van der Waals surface area contributed by atoms with E-state index < -0.39 is 0 Å². The average Bonchev–Trinajstić information content (AvgIpc) is 2.42. The normalized spacial score (nSPS) is 14.6. The summed E-state index contributed by atoms with van der Waals surface area (Å²) in [5, 5.41) is 0. The summed E-state index contributed by atoms with van der Waals surface area (Å²) < 4.78 is 10.6. The standard InChI is InChI=1S/C19H34O3/c1-15(2)22-18(20)17(4)13-9-8-11-16(3)12-10-14-19(5,6)21-7/h8-9,13,15-16H,10-12,14H2,1-7H3/b9-8+,17-13+. The van der Waals surface area contributed by atoms with E-state index in [-0.39, 0.29) is 17.7 Å². The zero-order chi connectivity index (χ0) is 17.2. The van der Waals surface area contributed by atoms with Crippen molar-refractivity contribution in [3.63, 3.8) is 0 Å². The van der Waals surface area contributed by atoms with Gasteiger partial charge in [-0.3, -0.25) is 0 Å². The van der Waals surface area contributed by atoms with Crippen LogP contribution in [0.2, 0.25) is 0 Å². The van der Waals surface area contributed by atoms with Gasteiger partial charge in [0.1, 0.15) is 0 Å². The number of esters is 1. The summed E-state index contributed by atoms with van der Waals surface area (Å²) in [4.78, 5) is 11.6. The Morgan fingerprint density at radius 1 is 1.23 bits per heavy atom. The fraction of sp³-hybridized carbons (Fsp3) is 0.737. The molecule has 0 aliphatic heterocycles. The third-order valence-electron chi connectivity index (χ3n) is 3.71. The smallest absolute Gasteiger partial charge is 0.333 e. The van der Waals surface area contributed by atoms with Crippen LogP contribution in [-0.4, -0.2) is 24.8 Å². The Morgan fingerprint density at radius 3 is 2.41 bits per heavy atom. The zero-order valence-electron chi connectivity index (χ0n) is 15.4. The Labute approximate surface area is 136 Å². The van der Waals surface area contributed by atoms with Gasteiger partial charge in [0.15, 0.2) is 0 Å². The molecule has 1 unspecified atom stereocenters. The van der Waals surface area contributed by atoms with Crippen LogP contribution in [-0.2, 0) is 14.3 Å². The first-order valence-electron chi connectivity index (χ1n) is 8.27. The van der Waals surface area contributed by atoms with E-state index in [2.05, 4.69) is 26.8 Å². The average molecular weight is 310 g/mol. The number of methoxy groups -OCH3 is 1. The minimum atomic E-state index is -0.241. The summed E-state index contributed by atoms with van der Waals surface area (Å²) in [6, 6.07) is 0. The molecule has 0 bridgehead atoms. The van der Waals surface area contributed by atoms with E-state index in [0.717, 1.165) is 12.8 Å². The van der Waals surface area contributed by atoms with E-state index in [1.165, 1.54) is 12.8 Å². The quantitative estimate of drug-likeness (QED) is 0.321. The molecule has 0 N–H and O–H groups in total. The van der Waals surface area contributed by atoms with Gasteiger partial charge in [0.2, 0.25) is 0 Å². The zero-order valence-corrected chi connectivity index (χ0v) is 15.4. The molecule has 0 aromatic rings. The Morgan fingerprint density at radius 2 is 1.86 bits per heavy atom. The summed E-state index contributed by atoms with van der Waals surface area (Å²) >= 11 is 0. The Hall–Kier alpha value is -1.09. The highest BCUT2D eigenvalue weighted by atomic mass is 16.5. The van der Waals surface area contributed by atoms with Crippen molar-refractivity contribution in [3.8, 4) is 0 Å². The van der Waals surface area contributed by atoms with Crippen LogP contribution in [0, 0.1) is 5.92 Å². The van der Waals surface area contributed by atoms with Gasteiger partial charge in [0, 0.05) is 12.7 Å². The highest BCUT2D eigenvalue weighted by Gasteiger charge is 2.15. The Kier molecular flexibility index (Phi) is 10.1. The summed E-state index contributed by atoms with van der Waals surface area (Å²) in [6.45, 7) is 12.0. The molecule has 0 saturated heterocycles. The van der Waals surface area contributed by atoms with Crippen LogP contribution in [0.5, 0.6) is 0 Å². The van der Waals surface area contributed by atoms with Crippen molar-refractivity contribution in [1.82, 2.24) is 0 Å². The van der Waals surface area contributed by atoms with Crippen molar-refractivity contribution in [2.24, 2.45) is 5.92 Å². The van der Waals surface area contributed by atoms with Gasteiger partial charge in [-0.25, -0.2) is 4.79 Å². The fourth-order valence-corrected chi connectivity index (χ4v) is 1.99. The van der Waals surface area contributed by atoms with Crippen LogP contribution >= 0.6 is 0 Å². The third-order valence-corrected chi connectivity index (χ3v) is 3.71. The molecule has 0 aliphatic carbocycles. The van der Waals surface area contributed by atoms with Crippen LogP contribution in [0.3, 0.4) is 0 Å². The maximum absolute atomic E-state index is 11.6. The maximum Gasteiger partial charge on any atom is 0.333 e. The first-order valence-corrected chi connectivity index (χ1v) is 8.27. The van der Waals surface area contributed by atoms with E-state index in [0.29, 0.717) is 11.5 Å². The second kappa shape index (κ2) is 10.6. The van der Waals surface area contributed by atoms with Crippen LogP contribution < -0.4 is 0 Å². The molecule has 3 nitrogen and oxygen atoms in total. The van der Waals surface area contributed by atoms with Crippen molar-refractivity contribution in [2.75, 3.05) is 7.11 Å². The minimum absolute atomic E-state index is 0.0216. The molecule has 0 aromatic heterocycles. The van der Waals surface area contributed by atoms with Crippen molar-refractivity contribution in [2.45, 2.75) is 78.9 Å². The highest BCUT2D eigenvalue weighted by Crippen LogP contribution is 2.20. The molecular weight excluding hydrogens is 276 g/mol. The number of rotatable bonds is 10. The van der Waals surface area contributed by atoms with Gasteiger partial charge in [-0.1, -0.05) is 38.0 Å². The monoisotopic (exact) mass is 310 g/mol. The largest absolute Gasteiger partial charge is 0.460 e. The van der Waals surface area contributed by atoms with Crippen LogP contribution in [0.25, 0.3) is 0 Å². The molecule has 0 spiro atoms. The van der Waals surface area contributed by atoms with Crippen molar-refractivity contribution >= 4 is 5.97 Å². The predicted octanol–water partition coefficient (Wildman–Crippen LogP) is 5.06. The number of hydrogen-bond acceptors (Lipinski definition) is 3. The lowest BCUT2D eigenvalue weighted by Crippen LogP contribution is -2.22. The second-order valence-corrected chi connectivity index (χ2v) is 6.93. The number of hydrogen-bond donors (Lipinski definition) is 0. The lowest BCUT2D eigenvalue weighted by Gasteiger charge is -2.23. The van der Waals surface area contributed by atoms with Crippen molar-refractivity contribution < 1.29 is 14.3 Å². The molecule has 0 aliphatic rings. The first-order chi connectivity index (χ1) is 10.2. The highest BCUT2D eigenvalue weighted by molar-refractivity contribution is 5.88. The molecule has 0 amide bonds. The van der Waals surface area contributed by atoms with E-state index in [4.69, 9.17) is 9.47 Å². The van der Waals surface area contributed by atoms with Gasteiger partial charge in [0.05, 0.1) is 11.7 Å². The molecule has 0 heterocycles. The first kappa shape index (κ1) is 20.9. The molecule has 0 fully saturated rings.